The highest BCUT2D eigenvalue weighted by Gasteiger charge is 2.24. The highest BCUT2D eigenvalue weighted by Crippen LogP contribution is 2.34. The molecule has 0 aliphatic heterocycles. The molecule has 3 nitrogen and oxygen atoms in total. The second kappa shape index (κ2) is 4.17. The lowest BCUT2D eigenvalue weighted by Crippen LogP contribution is -2.25. The quantitative estimate of drug-likeness (QED) is 0.743. The van der Waals surface area contributed by atoms with Crippen LogP contribution in [0.4, 0.5) is 0 Å². The lowest BCUT2D eigenvalue weighted by atomic mass is 9.86. The zero-order valence-corrected chi connectivity index (χ0v) is 10.7. The molecule has 5 N–H and O–H groups in total. The van der Waals surface area contributed by atoms with E-state index in [0.717, 1.165) is 11.1 Å². The van der Waals surface area contributed by atoms with Crippen molar-refractivity contribution in [1.82, 2.24) is 4.98 Å². The molecule has 0 spiro atoms. The molecule has 0 saturated carbocycles. The average molecular weight is 231 g/mol. The summed E-state index contributed by atoms with van der Waals surface area (Å²) in [7, 11) is 0. The third-order valence-corrected chi connectivity index (χ3v) is 3.12. The molecule has 2 aromatic rings. The molecule has 0 bridgehead atoms. The maximum Gasteiger partial charge on any atom is 0.0459 e. The molecule has 92 valence electrons. The summed E-state index contributed by atoms with van der Waals surface area (Å²) in [5.41, 5.74) is 15.4. The van der Waals surface area contributed by atoms with Gasteiger partial charge in [-0.05, 0) is 11.6 Å². The van der Waals surface area contributed by atoms with Gasteiger partial charge >= 0.3 is 0 Å². The van der Waals surface area contributed by atoms with Crippen LogP contribution >= 0.6 is 0 Å². The van der Waals surface area contributed by atoms with Crippen molar-refractivity contribution in [3.8, 4) is 0 Å². The minimum Gasteiger partial charge on any atom is -0.358 e. The van der Waals surface area contributed by atoms with Gasteiger partial charge in [0.25, 0.3) is 0 Å². The lowest BCUT2D eigenvalue weighted by Gasteiger charge is -2.22. The van der Waals surface area contributed by atoms with Crippen LogP contribution in [-0.2, 0) is 5.41 Å². The van der Waals surface area contributed by atoms with E-state index in [2.05, 4.69) is 37.9 Å². The van der Waals surface area contributed by atoms with Gasteiger partial charge in [0.2, 0.25) is 0 Å². The molecule has 0 amide bonds. The number of fused-ring (bicyclic) bond motifs is 1. The molecule has 1 unspecified atom stereocenters. The van der Waals surface area contributed by atoms with Crippen molar-refractivity contribution in [1.29, 1.82) is 0 Å². The summed E-state index contributed by atoms with van der Waals surface area (Å²) in [4.78, 5) is 3.48. The monoisotopic (exact) mass is 231 g/mol. The summed E-state index contributed by atoms with van der Waals surface area (Å²) < 4.78 is 0. The highest BCUT2D eigenvalue weighted by molar-refractivity contribution is 5.85. The van der Waals surface area contributed by atoms with E-state index in [-0.39, 0.29) is 11.5 Å². The van der Waals surface area contributed by atoms with Gasteiger partial charge in [0, 0.05) is 34.6 Å². The molecule has 1 aromatic heterocycles. The van der Waals surface area contributed by atoms with Crippen molar-refractivity contribution in [2.24, 2.45) is 11.5 Å². The normalized spacial score (nSPS) is 14.2. The molecule has 0 saturated heterocycles. The van der Waals surface area contributed by atoms with Crippen molar-refractivity contribution >= 4 is 10.9 Å². The summed E-state index contributed by atoms with van der Waals surface area (Å²) in [6.07, 6.45) is 0. The number of benzene rings is 1. The third kappa shape index (κ3) is 2.08. The SMILES string of the molecule is CC(C)(C)c1[nH]c2ccccc2c1C(N)CN. The first-order valence-corrected chi connectivity index (χ1v) is 6.02. The average Bonchev–Trinajstić information content (AvgIpc) is 2.67. The molecular formula is C14H21N3. The number of hydrogen-bond donors (Lipinski definition) is 3. The maximum atomic E-state index is 6.16. The number of hydrogen-bond acceptors (Lipinski definition) is 2. The molecule has 1 aromatic carbocycles. The fourth-order valence-electron chi connectivity index (χ4n) is 2.26. The molecule has 17 heavy (non-hydrogen) atoms. The van der Waals surface area contributed by atoms with E-state index in [1.807, 2.05) is 12.1 Å². The van der Waals surface area contributed by atoms with E-state index in [4.69, 9.17) is 11.5 Å². The van der Waals surface area contributed by atoms with E-state index < -0.39 is 0 Å². The van der Waals surface area contributed by atoms with Crippen molar-refractivity contribution < 1.29 is 0 Å². The van der Waals surface area contributed by atoms with Crippen LogP contribution < -0.4 is 11.5 Å². The smallest absolute Gasteiger partial charge is 0.0459 e. The van der Waals surface area contributed by atoms with E-state index in [1.54, 1.807) is 0 Å². The molecule has 0 radical (unpaired) electrons. The Kier molecular flexibility index (Phi) is 2.98. The van der Waals surface area contributed by atoms with Gasteiger partial charge in [-0.1, -0.05) is 39.0 Å². The first-order valence-electron chi connectivity index (χ1n) is 6.02. The van der Waals surface area contributed by atoms with Gasteiger partial charge in [-0.2, -0.15) is 0 Å². The number of nitrogens with one attached hydrogen (secondary N) is 1. The fourth-order valence-corrected chi connectivity index (χ4v) is 2.26. The molecule has 1 heterocycles. The maximum absolute atomic E-state index is 6.16. The summed E-state index contributed by atoms with van der Waals surface area (Å²) in [6, 6.07) is 8.14. The van der Waals surface area contributed by atoms with Gasteiger partial charge < -0.3 is 16.5 Å². The van der Waals surface area contributed by atoms with Crippen molar-refractivity contribution in [3.63, 3.8) is 0 Å². The van der Waals surface area contributed by atoms with E-state index >= 15 is 0 Å². The molecule has 0 aliphatic rings. The number of H-pyrrole nitrogens is 1. The van der Waals surface area contributed by atoms with Crippen molar-refractivity contribution in [2.75, 3.05) is 6.54 Å². The van der Waals surface area contributed by atoms with Gasteiger partial charge in [0.05, 0.1) is 0 Å². The Hall–Kier alpha value is -1.32. The third-order valence-electron chi connectivity index (χ3n) is 3.12. The molecule has 3 heteroatoms. The van der Waals surface area contributed by atoms with Gasteiger partial charge in [-0.25, -0.2) is 0 Å². The highest BCUT2D eigenvalue weighted by atomic mass is 14.8. The minimum atomic E-state index is -0.111. The topological polar surface area (TPSA) is 67.8 Å². The zero-order chi connectivity index (χ0) is 12.6. The second-order valence-corrected chi connectivity index (χ2v) is 5.55. The predicted molar refractivity (Wildman–Crippen MR) is 73.0 cm³/mol. The fraction of sp³-hybridized carbons (Fsp3) is 0.429. The number of aromatic amines is 1. The van der Waals surface area contributed by atoms with Crippen LogP contribution in [0, 0.1) is 0 Å². The molecule has 1 atom stereocenters. The Labute approximate surface area is 102 Å². The largest absolute Gasteiger partial charge is 0.358 e. The Balaban J connectivity index is 2.74. The van der Waals surface area contributed by atoms with E-state index in [9.17, 15) is 0 Å². The van der Waals surface area contributed by atoms with Crippen LogP contribution in [0.1, 0.15) is 38.1 Å². The molecule has 0 aliphatic carbocycles. The Morgan fingerprint density at radius 2 is 1.88 bits per heavy atom. The second-order valence-electron chi connectivity index (χ2n) is 5.55. The summed E-state index contributed by atoms with van der Waals surface area (Å²) in [5.74, 6) is 0. The molecule has 0 fully saturated rings. The van der Waals surface area contributed by atoms with Gasteiger partial charge in [-0.15, -0.1) is 0 Å². The van der Waals surface area contributed by atoms with Gasteiger partial charge in [0.1, 0.15) is 0 Å². The van der Waals surface area contributed by atoms with E-state index in [1.165, 1.54) is 11.1 Å². The van der Waals surface area contributed by atoms with Crippen molar-refractivity contribution in [2.45, 2.75) is 32.2 Å². The van der Waals surface area contributed by atoms with Crippen LogP contribution in [0.15, 0.2) is 24.3 Å². The van der Waals surface area contributed by atoms with Crippen LogP contribution in [0.5, 0.6) is 0 Å². The number of nitrogens with two attached hydrogens (primary N) is 2. The Bertz CT molecular complexity index is 520. The summed E-state index contributed by atoms with van der Waals surface area (Å²) >= 11 is 0. The van der Waals surface area contributed by atoms with Crippen LogP contribution in [0.25, 0.3) is 10.9 Å². The van der Waals surface area contributed by atoms with Crippen LogP contribution in [0.2, 0.25) is 0 Å². The zero-order valence-electron chi connectivity index (χ0n) is 10.7. The molecule has 2 rings (SSSR count). The number of aromatic nitrogens is 1. The number of rotatable bonds is 2. The van der Waals surface area contributed by atoms with E-state index in [0.29, 0.717) is 6.54 Å². The lowest BCUT2D eigenvalue weighted by molar-refractivity contribution is 0.557. The first-order chi connectivity index (χ1) is 7.95. The summed E-state index contributed by atoms with van der Waals surface area (Å²) in [6.45, 7) is 7.02. The number of para-hydroxylation sites is 1. The standard InChI is InChI=1S/C14H21N3/c1-14(2,3)13-12(10(16)8-15)9-6-4-5-7-11(9)17-13/h4-7,10,17H,8,15-16H2,1-3H3. The van der Waals surface area contributed by atoms with Gasteiger partial charge in [0.15, 0.2) is 0 Å². The minimum absolute atomic E-state index is 0.0428. The van der Waals surface area contributed by atoms with Gasteiger partial charge in [-0.3, -0.25) is 0 Å². The Morgan fingerprint density at radius 3 is 2.47 bits per heavy atom. The Morgan fingerprint density at radius 1 is 1.24 bits per heavy atom. The van der Waals surface area contributed by atoms with Crippen LogP contribution in [-0.4, -0.2) is 11.5 Å². The predicted octanol–water partition coefficient (Wildman–Crippen LogP) is 2.42. The van der Waals surface area contributed by atoms with Crippen molar-refractivity contribution in [3.05, 3.63) is 35.5 Å². The van der Waals surface area contributed by atoms with Crippen LogP contribution in [0.3, 0.4) is 0 Å². The summed E-state index contributed by atoms with van der Waals surface area (Å²) in [5, 5.41) is 1.19. The molecular weight excluding hydrogens is 210 g/mol. The first kappa shape index (κ1) is 12.1.